The number of imidazole rings is 1. The molecule has 3 nitrogen and oxygen atoms in total. The Morgan fingerprint density at radius 3 is 1.71 bits per heavy atom. The molecule has 1 heterocycles. The van der Waals surface area contributed by atoms with E-state index in [1.165, 1.54) is 0 Å². The molecule has 0 saturated heterocycles. The standard InChI is InChI=1S/C28H30N2O/c1-2-3-7-20-26(31)27-29-21-22-30(27)28(23-14-8-4-9-15-23,24-16-10-5-11-17-24)25-18-12-6-13-19-25/h4-6,8-19,21-22,26,31H,2-3,7,20H2,1H3. The van der Waals surface area contributed by atoms with E-state index in [1.54, 1.807) is 0 Å². The maximum absolute atomic E-state index is 11.1. The molecule has 0 bridgehead atoms. The number of aliphatic hydroxyl groups excluding tert-OH is 1. The van der Waals surface area contributed by atoms with Crippen LogP contribution in [0.4, 0.5) is 0 Å². The summed E-state index contributed by atoms with van der Waals surface area (Å²) in [6.07, 6.45) is 7.13. The number of unbranched alkanes of at least 4 members (excludes halogenated alkanes) is 2. The zero-order valence-electron chi connectivity index (χ0n) is 18.1. The third-order valence-corrected chi connectivity index (χ3v) is 5.98. The molecule has 1 aromatic heterocycles. The van der Waals surface area contributed by atoms with Crippen LogP contribution in [0.15, 0.2) is 103 Å². The summed E-state index contributed by atoms with van der Waals surface area (Å²) in [6, 6.07) is 31.5. The van der Waals surface area contributed by atoms with Gasteiger partial charge in [-0.15, -0.1) is 0 Å². The minimum Gasteiger partial charge on any atom is -0.385 e. The summed E-state index contributed by atoms with van der Waals surface area (Å²) in [6.45, 7) is 2.18. The number of benzene rings is 3. The molecule has 4 aromatic rings. The van der Waals surface area contributed by atoms with E-state index in [9.17, 15) is 5.11 Å². The molecule has 0 saturated carbocycles. The lowest BCUT2D eigenvalue weighted by Gasteiger charge is -2.39. The van der Waals surface area contributed by atoms with Crippen LogP contribution in [0.1, 0.15) is 61.2 Å². The van der Waals surface area contributed by atoms with Gasteiger partial charge in [0, 0.05) is 12.4 Å². The number of hydrogen-bond acceptors (Lipinski definition) is 2. The summed E-state index contributed by atoms with van der Waals surface area (Å²) in [4.78, 5) is 4.65. The third kappa shape index (κ3) is 4.06. The normalized spacial score (nSPS) is 12.6. The van der Waals surface area contributed by atoms with Gasteiger partial charge in [0.25, 0.3) is 0 Å². The van der Waals surface area contributed by atoms with Crippen molar-refractivity contribution in [2.24, 2.45) is 0 Å². The Kier molecular flexibility index (Phi) is 6.63. The Bertz CT molecular complexity index is 961. The van der Waals surface area contributed by atoms with Crippen molar-refractivity contribution in [1.82, 2.24) is 9.55 Å². The molecule has 1 N–H and O–H groups in total. The Labute approximate surface area is 185 Å². The van der Waals surface area contributed by atoms with E-state index < -0.39 is 11.6 Å². The van der Waals surface area contributed by atoms with Crippen LogP contribution < -0.4 is 0 Å². The molecule has 31 heavy (non-hydrogen) atoms. The van der Waals surface area contributed by atoms with E-state index in [-0.39, 0.29) is 0 Å². The number of aromatic nitrogens is 2. The Hall–Kier alpha value is -3.17. The lowest BCUT2D eigenvalue weighted by Crippen LogP contribution is -2.39. The van der Waals surface area contributed by atoms with Crippen LogP contribution in [-0.2, 0) is 5.54 Å². The molecule has 0 fully saturated rings. The van der Waals surface area contributed by atoms with Crippen molar-refractivity contribution < 1.29 is 5.11 Å². The summed E-state index contributed by atoms with van der Waals surface area (Å²) >= 11 is 0. The van der Waals surface area contributed by atoms with Crippen molar-refractivity contribution in [3.05, 3.63) is 126 Å². The first-order valence-electron chi connectivity index (χ1n) is 11.2. The molecule has 1 unspecified atom stereocenters. The highest BCUT2D eigenvalue weighted by Crippen LogP contribution is 2.42. The summed E-state index contributed by atoms with van der Waals surface area (Å²) in [5.74, 6) is 0.702. The second-order valence-corrected chi connectivity index (χ2v) is 7.98. The van der Waals surface area contributed by atoms with Crippen molar-refractivity contribution in [1.29, 1.82) is 0 Å². The first-order valence-corrected chi connectivity index (χ1v) is 11.2. The van der Waals surface area contributed by atoms with Gasteiger partial charge in [-0.05, 0) is 23.1 Å². The van der Waals surface area contributed by atoms with Gasteiger partial charge in [0.1, 0.15) is 17.5 Å². The second kappa shape index (κ2) is 9.76. The number of aliphatic hydroxyl groups is 1. The SMILES string of the molecule is CCCCCC(O)c1nccn1C(c1ccccc1)(c1ccccc1)c1ccccc1. The molecule has 4 rings (SSSR count). The zero-order chi connectivity index (χ0) is 21.5. The quantitative estimate of drug-likeness (QED) is 0.258. The van der Waals surface area contributed by atoms with Crippen LogP contribution in [0, 0.1) is 0 Å². The van der Waals surface area contributed by atoms with Gasteiger partial charge in [-0.2, -0.15) is 0 Å². The van der Waals surface area contributed by atoms with Gasteiger partial charge in [-0.3, -0.25) is 0 Å². The van der Waals surface area contributed by atoms with Gasteiger partial charge < -0.3 is 9.67 Å². The molecule has 3 heteroatoms. The molecule has 0 aliphatic carbocycles. The molecule has 158 valence electrons. The van der Waals surface area contributed by atoms with Crippen LogP contribution in [-0.4, -0.2) is 14.7 Å². The van der Waals surface area contributed by atoms with E-state index in [4.69, 9.17) is 0 Å². The average molecular weight is 411 g/mol. The monoisotopic (exact) mass is 410 g/mol. The van der Waals surface area contributed by atoms with E-state index in [0.29, 0.717) is 12.2 Å². The molecule has 0 amide bonds. The van der Waals surface area contributed by atoms with Gasteiger partial charge in [0.2, 0.25) is 0 Å². The Morgan fingerprint density at radius 2 is 1.26 bits per heavy atom. The molecule has 0 spiro atoms. The van der Waals surface area contributed by atoms with Crippen LogP contribution in [0.2, 0.25) is 0 Å². The van der Waals surface area contributed by atoms with Crippen molar-refractivity contribution in [2.75, 3.05) is 0 Å². The summed E-state index contributed by atoms with van der Waals surface area (Å²) in [5.41, 5.74) is 2.76. The van der Waals surface area contributed by atoms with Gasteiger partial charge in [0.15, 0.2) is 0 Å². The molecule has 0 aliphatic rings. The number of rotatable bonds is 9. The van der Waals surface area contributed by atoms with Crippen molar-refractivity contribution in [3.8, 4) is 0 Å². The summed E-state index contributed by atoms with van der Waals surface area (Å²) in [7, 11) is 0. The van der Waals surface area contributed by atoms with Crippen LogP contribution in [0.5, 0.6) is 0 Å². The summed E-state index contributed by atoms with van der Waals surface area (Å²) in [5, 5.41) is 11.1. The molecule has 0 aliphatic heterocycles. The third-order valence-electron chi connectivity index (χ3n) is 5.98. The molecule has 1 atom stereocenters. The van der Waals surface area contributed by atoms with E-state index in [2.05, 4.69) is 89.3 Å². The second-order valence-electron chi connectivity index (χ2n) is 7.98. The lowest BCUT2D eigenvalue weighted by molar-refractivity contribution is 0.146. The van der Waals surface area contributed by atoms with Crippen LogP contribution in [0.3, 0.4) is 0 Å². The topological polar surface area (TPSA) is 38.1 Å². The molecule has 0 radical (unpaired) electrons. The maximum atomic E-state index is 11.1. The highest BCUT2D eigenvalue weighted by Gasteiger charge is 2.40. The Balaban J connectivity index is 1.98. The van der Waals surface area contributed by atoms with Gasteiger partial charge in [-0.1, -0.05) is 117 Å². The summed E-state index contributed by atoms with van der Waals surface area (Å²) < 4.78 is 2.17. The fourth-order valence-corrected chi connectivity index (χ4v) is 4.52. The predicted molar refractivity (Wildman–Crippen MR) is 126 cm³/mol. The minimum absolute atomic E-state index is 0.614. The highest BCUT2D eigenvalue weighted by atomic mass is 16.3. The van der Waals surface area contributed by atoms with Crippen molar-refractivity contribution >= 4 is 0 Å². The molecular weight excluding hydrogens is 380 g/mol. The van der Waals surface area contributed by atoms with Crippen LogP contribution >= 0.6 is 0 Å². The lowest BCUT2D eigenvalue weighted by atomic mass is 9.76. The first-order chi connectivity index (χ1) is 15.3. The molecule has 3 aromatic carbocycles. The average Bonchev–Trinajstić information content (AvgIpc) is 3.32. The van der Waals surface area contributed by atoms with E-state index in [0.717, 1.165) is 36.0 Å². The molecular formula is C28H30N2O. The number of nitrogens with zero attached hydrogens (tertiary/aromatic N) is 2. The zero-order valence-corrected chi connectivity index (χ0v) is 18.1. The first kappa shape index (κ1) is 21.1. The van der Waals surface area contributed by atoms with Crippen LogP contribution in [0.25, 0.3) is 0 Å². The smallest absolute Gasteiger partial charge is 0.138 e. The Morgan fingerprint density at radius 1 is 0.774 bits per heavy atom. The van der Waals surface area contributed by atoms with Gasteiger partial charge in [0.05, 0.1) is 0 Å². The largest absolute Gasteiger partial charge is 0.385 e. The van der Waals surface area contributed by atoms with E-state index in [1.807, 2.05) is 30.6 Å². The maximum Gasteiger partial charge on any atom is 0.138 e. The van der Waals surface area contributed by atoms with E-state index >= 15 is 0 Å². The highest BCUT2D eigenvalue weighted by molar-refractivity contribution is 5.51. The van der Waals surface area contributed by atoms with Crippen molar-refractivity contribution in [3.63, 3.8) is 0 Å². The predicted octanol–water partition coefficient (Wildman–Crippen LogP) is 6.34. The van der Waals surface area contributed by atoms with Crippen molar-refractivity contribution in [2.45, 2.75) is 44.2 Å². The minimum atomic E-state index is -0.638. The fourth-order valence-electron chi connectivity index (χ4n) is 4.52. The number of hydrogen-bond donors (Lipinski definition) is 1. The fraction of sp³-hybridized carbons (Fsp3) is 0.250. The van der Waals surface area contributed by atoms with Gasteiger partial charge >= 0.3 is 0 Å². The van der Waals surface area contributed by atoms with Gasteiger partial charge in [-0.25, -0.2) is 4.98 Å².